The number of ether oxygens (including phenoxy) is 1. The van der Waals surface area contributed by atoms with E-state index in [0.29, 0.717) is 23.7 Å². The lowest BCUT2D eigenvalue weighted by molar-refractivity contribution is 0.0304. The van der Waals surface area contributed by atoms with Crippen LogP contribution in [0.15, 0.2) is 6.07 Å². The minimum absolute atomic E-state index is 0.124. The maximum Gasteiger partial charge on any atom is 0.274 e. The molecular formula is C19H30N4O2. The van der Waals surface area contributed by atoms with E-state index in [2.05, 4.69) is 21.8 Å². The van der Waals surface area contributed by atoms with Crippen LogP contribution < -0.4 is 0 Å². The van der Waals surface area contributed by atoms with Crippen molar-refractivity contribution in [2.45, 2.75) is 58.2 Å². The summed E-state index contributed by atoms with van der Waals surface area (Å²) in [6, 6.07) is 2.91. The molecule has 0 aromatic carbocycles. The monoisotopic (exact) mass is 346 g/mol. The molecule has 4 aliphatic heterocycles. The molecule has 0 saturated carbocycles. The van der Waals surface area contributed by atoms with Crippen LogP contribution in [-0.4, -0.2) is 70.4 Å². The molecule has 1 aromatic rings. The van der Waals surface area contributed by atoms with Gasteiger partial charge in [-0.15, -0.1) is 0 Å². The molecule has 1 aromatic heterocycles. The lowest BCUT2D eigenvalue weighted by Crippen LogP contribution is -2.48. The summed E-state index contributed by atoms with van der Waals surface area (Å²) < 4.78 is 7.44. The second-order valence-corrected chi connectivity index (χ2v) is 7.84. The highest BCUT2D eigenvalue weighted by molar-refractivity contribution is 5.92. The van der Waals surface area contributed by atoms with Gasteiger partial charge >= 0.3 is 0 Å². The Kier molecular flexibility index (Phi) is 4.82. The molecule has 2 atom stereocenters. The normalized spacial score (nSPS) is 28.3. The van der Waals surface area contributed by atoms with Crippen LogP contribution in [-0.2, 0) is 11.3 Å². The summed E-state index contributed by atoms with van der Waals surface area (Å²) >= 11 is 0. The number of carbonyl (C=O) groups excluding carboxylic acids is 1. The van der Waals surface area contributed by atoms with Crippen molar-refractivity contribution in [3.8, 4) is 0 Å². The highest BCUT2D eigenvalue weighted by Gasteiger charge is 2.40. The molecule has 0 spiro atoms. The number of amides is 1. The second-order valence-electron chi connectivity index (χ2n) is 7.84. The molecule has 6 nitrogen and oxygen atoms in total. The molecular weight excluding hydrogens is 316 g/mol. The SMILES string of the molecule is CCn1nc(C(=O)N2C[C@@H]3CC[C@H]2CN(C2CCOCC2)C3)cc1C. The quantitative estimate of drug-likeness (QED) is 0.839. The number of rotatable bonds is 3. The zero-order valence-corrected chi connectivity index (χ0v) is 15.5. The van der Waals surface area contributed by atoms with Crippen molar-refractivity contribution in [2.24, 2.45) is 5.92 Å². The number of hydrogen-bond acceptors (Lipinski definition) is 4. The Balaban J connectivity index is 1.50. The smallest absolute Gasteiger partial charge is 0.274 e. The lowest BCUT2D eigenvalue weighted by atomic mass is 9.94. The number of fused-ring (bicyclic) bond motifs is 4. The Bertz CT molecular complexity index is 623. The summed E-state index contributed by atoms with van der Waals surface area (Å²) in [5.41, 5.74) is 1.68. The fraction of sp³-hybridized carbons (Fsp3) is 0.789. The van der Waals surface area contributed by atoms with Crippen LogP contribution >= 0.6 is 0 Å². The van der Waals surface area contributed by atoms with Gasteiger partial charge in [-0.25, -0.2) is 0 Å². The molecule has 5 rings (SSSR count). The maximum atomic E-state index is 13.1. The summed E-state index contributed by atoms with van der Waals surface area (Å²) in [5.74, 6) is 0.721. The summed E-state index contributed by atoms with van der Waals surface area (Å²) in [6.07, 6.45) is 4.64. The van der Waals surface area contributed by atoms with Gasteiger partial charge in [0.25, 0.3) is 5.91 Å². The number of nitrogens with zero attached hydrogens (tertiary/aromatic N) is 4. The van der Waals surface area contributed by atoms with Gasteiger partial charge in [0.1, 0.15) is 0 Å². The number of carbonyl (C=O) groups is 1. The van der Waals surface area contributed by atoms with Gasteiger partial charge in [0.05, 0.1) is 0 Å². The van der Waals surface area contributed by atoms with Gasteiger partial charge in [-0.2, -0.15) is 5.10 Å². The van der Waals surface area contributed by atoms with Crippen molar-refractivity contribution < 1.29 is 9.53 Å². The molecule has 1 amide bonds. The molecule has 138 valence electrons. The van der Waals surface area contributed by atoms with Crippen molar-refractivity contribution in [2.75, 3.05) is 32.8 Å². The third-order valence-corrected chi connectivity index (χ3v) is 6.21. The van der Waals surface area contributed by atoms with Crippen LogP contribution in [0, 0.1) is 12.8 Å². The van der Waals surface area contributed by atoms with E-state index in [0.717, 1.165) is 64.3 Å². The summed E-state index contributed by atoms with van der Waals surface area (Å²) in [7, 11) is 0. The summed E-state index contributed by atoms with van der Waals surface area (Å²) in [4.78, 5) is 17.9. The Morgan fingerprint density at radius 2 is 1.96 bits per heavy atom. The van der Waals surface area contributed by atoms with Crippen molar-refractivity contribution in [1.29, 1.82) is 0 Å². The first-order valence-corrected chi connectivity index (χ1v) is 9.83. The van der Waals surface area contributed by atoms with Crippen LogP contribution in [0.5, 0.6) is 0 Å². The highest BCUT2D eigenvalue weighted by atomic mass is 16.5. The van der Waals surface area contributed by atoms with Crippen molar-refractivity contribution in [3.05, 3.63) is 17.5 Å². The van der Waals surface area contributed by atoms with Crippen molar-refractivity contribution >= 4 is 5.91 Å². The molecule has 4 saturated heterocycles. The number of aromatic nitrogens is 2. The predicted molar refractivity (Wildman–Crippen MR) is 95.6 cm³/mol. The molecule has 25 heavy (non-hydrogen) atoms. The minimum Gasteiger partial charge on any atom is -0.381 e. The largest absolute Gasteiger partial charge is 0.381 e. The van der Waals surface area contributed by atoms with Crippen LogP contribution in [0.25, 0.3) is 0 Å². The van der Waals surface area contributed by atoms with Gasteiger partial charge < -0.3 is 9.64 Å². The molecule has 0 aliphatic carbocycles. The topological polar surface area (TPSA) is 50.6 Å². The number of piperidine rings is 1. The number of hydrogen-bond donors (Lipinski definition) is 0. The second kappa shape index (κ2) is 7.08. The van der Waals surface area contributed by atoms with Gasteiger partial charge in [-0.1, -0.05) is 0 Å². The fourth-order valence-corrected chi connectivity index (χ4v) is 4.80. The van der Waals surface area contributed by atoms with E-state index in [1.165, 1.54) is 6.42 Å². The van der Waals surface area contributed by atoms with Crippen LogP contribution in [0.2, 0.25) is 0 Å². The number of aryl methyl sites for hydroxylation is 2. The third kappa shape index (κ3) is 3.34. The first kappa shape index (κ1) is 17.0. The van der Waals surface area contributed by atoms with E-state index in [1.54, 1.807) is 0 Å². The lowest BCUT2D eigenvalue weighted by Gasteiger charge is -2.36. The van der Waals surface area contributed by atoms with Crippen molar-refractivity contribution in [1.82, 2.24) is 19.6 Å². The molecule has 4 aliphatic rings. The highest BCUT2D eigenvalue weighted by Crippen LogP contribution is 2.31. The molecule has 0 radical (unpaired) electrons. The van der Waals surface area contributed by atoms with E-state index in [1.807, 2.05) is 17.7 Å². The first-order valence-electron chi connectivity index (χ1n) is 9.83. The Morgan fingerprint density at radius 1 is 1.16 bits per heavy atom. The predicted octanol–water partition coefficient (Wildman–Crippen LogP) is 1.93. The third-order valence-electron chi connectivity index (χ3n) is 6.21. The maximum absolute atomic E-state index is 13.1. The Morgan fingerprint density at radius 3 is 2.68 bits per heavy atom. The molecule has 5 heterocycles. The van der Waals surface area contributed by atoms with Crippen LogP contribution in [0.3, 0.4) is 0 Å². The van der Waals surface area contributed by atoms with E-state index in [-0.39, 0.29) is 5.91 Å². The van der Waals surface area contributed by atoms with Gasteiger partial charge in [-0.05, 0) is 51.5 Å². The van der Waals surface area contributed by atoms with E-state index >= 15 is 0 Å². The average Bonchev–Trinajstić information content (AvgIpc) is 2.82. The van der Waals surface area contributed by atoms with Gasteiger partial charge in [0.2, 0.25) is 0 Å². The molecule has 0 unspecified atom stereocenters. The summed E-state index contributed by atoms with van der Waals surface area (Å²) in [5, 5.41) is 4.52. The van der Waals surface area contributed by atoms with E-state index in [4.69, 9.17) is 4.74 Å². The van der Waals surface area contributed by atoms with E-state index in [9.17, 15) is 4.79 Å². The molecule has 4 fully saturated rings. The first-order chi connectivity index (χ1) is 12.2. The zero-order chi connectivity index (χ0) is 17.4. The fourth-order valence-electron chi connectivity index (χ4n) is 4.80. The van der Waals surface area contributed by atoms with Crippen LogP contribution in [0.1, 0.15) is 48.8 Å². The van der Waals surface area contributed by atoms with Gasteiger partial charge in [0.15, 0.2) is 5.69 Å². The van der Waals surface area contributed by atoms with Crippen molar-refractivity contribution in [3.63, 3.8) is 0 Å². The standard InChI is InChI=1S/C19H30N4O2/c1-3-23-14(2)10-18(20-23)19(24)22-12-15-4-5-17(22)13-21(11-15)16-6-8-25-9-7-16/h10,15-17H,3-9,11-13H2,1-2H3/t15-,17+/m1/s1. The zero-order valence-electron chi connectivity index (χ0n) is 15.5. The summed E-state index contributed by atoms with van der Waals surface area (Å²) in [6.45, 7) is 9.69. The average molecular weight is 346 g/mol. The van der Waals surface area contributed by atoms with Crippen LogP contribution in [0.4, 0.5) is 0 Å². The molecule has 6 heteroatoms. The Labute approximate surface area is 150 Å². The Hall–Kier alpha value is -1.40. The van der Waals surface area contributed by atoms with Gasteiger partial charge in [-0.3, -0.25) is 14.4 Å². The minimum atomic E-state index is 0.124. The van der Waals surface area contributed by atoms with Gasteiger partial charge in [0, 0.05) is 57.2 Å². The molecule has 0 N–H and O–H groups in total. The van der Waals surface area contributed by atoms with E-state index < -0.39 is 0 Å². The molecule has 2 bridgehead atoms.